The summed E-state index contributed by atoms with van der Waals surface area (Å²) in [5.74, 6) is -0.665. The van der Waals surface area contributed by atoms with Crippen molar-refractivity contribution in [1.29, 1.82) is 0 Å². The SMILES string of the molecule is CO[C@@H]1[C@@H](O)[C@@H](O)[C@@H](Oc2cc3oc(=O)c(CC(=O)C/C=C/CC(=O)Nc4cc5cc(C)c(O[C@H]6OC(C)(C)[C@H](C)[C@@H](O)[C@H]6O)cc5oc4=O)cc3cc2C)OC1(C)C. The number of ketones is 1. The van der Waals surface area contributed by atoms with Crippen molar-refractivity contribution in [3.05, 3.63) is 86.1 Å². The van der Waals surface area contributed by atoms with Crippen molar-refractivity contribution in [3.8, 4) is 11.5 Å². The normalized spacial score (nSPS) is 26.6. The highest BCUT2D eigenvalue weighted by atomic mass is 16.7. The maximum Gasteiger partial charge on any atom is 0.360 e. The molecule has 2 aromatic heterocycles. The van der Waals surface area contributed by atoms with Gasteiger partial charge in [0.1, 0.15) is 58.6 Å². The number of hydrogen-bond donors (Lipinski definition) is 5. The standard InChI is InChI=1S/C43H51NO15/c1-20-13-23-15-25(38(51)54-30(23)18-28(20)57-41-36(50)34(48)37(53-8)43(6,7)59-41)16-26(45)11-9-10-12-32(46)44-27-17-24-14-21(2)29(19-31(24)55-39(27)52)56-40-35(49)33(47)22(3)42(4,5)58-40/h9-10,13-15,17-19,22,33-37,40-41,47-50H,11-12,16H2,1-8H3,(H,44,46)/b10-9+/t22-,33-,34+,35-,36-,37-,40+,41+/m1/s1. The highest BCUT2D eigenvalue weighted by Gasteiger charge is 2.51. The second-order valence-electron chi connectivity index (χ2n) is 16.3. The number of allylic oxidation sites excluding steroid dienone is 1. The lowest BCUT2D eigenvalue weighted by molar-refractivity contribution is -0.306. The van der Waals surface area contributed by atoms with Gasteiger partial charge in [-0.3, -0.25) is 9.59 Å². The zero-order valence-corrected chi connectivity index (χ0v) is 34.1. The molecule has 59 heavy (non-hydrogen) atoms. The second kappa shape index (κ2) is 17.0. The molecular weight excluding hydrogens is 770 g/mol. The van der Waals surface area contributed by atoms with Crippen LogP contribution in [0.1, 0.15) is 64.2 Å². The van der Waals surface area contributed by atoms with Gasteiger partial charge in [0.2, 0.25) is 18.5 Å². The molecule has 2 aliphatic rings. The molecular formula is C43H51NO15. The maximum atomic E-state index is 12.9. The van der Waals surface area contributed by atoms with Crippen LogP contribution in [0.15, 0.2) is 67.0 Å². The van der Waals surface area contributed by atoms with Gasteiger partial charge in [0, 0.05) is 60.8 Å². The molecule has 2 fully saturated rings. The van der Waals surface area contributed by atoms with Gasteiger partial charge >= 0.3 is 11.3 Å². The molecule has 2 aliphatic heterocycles. The van der Waals surface area contributed by atoms with E-state index in [1.165, 1.54) is 37.5 Å². The Morgan fingerprint density at radius 1 is 0.729 bits per heavy atom. The molecule has 0 radical (unpaired) electrons. The molecule has 16 heteroatoms. The number of rotatable bonds is 12. The van der Waals surface area contributed by atoms with Crippen LogP contribution in [0.5, 0.6) is 11.5 Å². The molecule has 0 spiro atoms. The predicted octanol–water partition coefficient (Wildman–Crippen LogP) is 3.73. The first-order valence-electron chi connectivity index (χ1n) is 19.3. The number of fused-ring (bicyclic) bond motifs is 2. The number of ether oxygens (including phenoxy) is 5. The summed E-state index contributed by atoms with van der Waals surface area (Å²) >= 11 is 0. The monoisotopic (exact) mass is 821 g/mol. The minimum atomic E-state index is -1.42. The van der Waals surface area contributed by atoms with Crippen LogP contribution in [-0.2, 0) is 30.2 Å². The molecule has 2 saturated heterocycles. The fourth-order valence-corrected chi connectivity index (χ4v) is 7.32. The fourth-order valence-electron chi connectivity index (χ4n) is 7.32. The van der Waals surface area contributed by atoms with Crippen LogP contribution in [0.4, 0.5) is 5.69 Å². The van der Waals surface area contributed by atoms with Crippen molar-refractivity contribution in [1.82, 2.24) is 0 Å². The van der Waals surface area contributed by atoms with Crippen molar-refractivity contribution < 1.29 is 62.5 Å². The van der Waals surface area contributed by atoms with E-state index >= 15 is 0 Å². The third-order valence-electron chi connectivity index (χ3n) is 11.1. The third kappa shape index (κ3) is 9.29. The fraction of sp³-hybridized carbons (Fsp3) is 0.488. The third-order valence-corrected chi connectivity index (χ3v) is 11.1. The largest absolute Gasteiger partial charge is 0.462 e. The van der Waals surface area contributed by atoms with Crippen LogP contribution >= 0.6 is 0 Å². The van der Waals surface area contributed by atoms with Crippen molar-refractivity contribution in [2.24, 2.45) is 5.92 Å². The smallest absolute Gasteiger partial charge is 0.360 e. The van der Waals surface area contributed by atoms with E-state index in [2.05, 4.69) is 5.32 Å². The summed E-state index contributed by atoms with van der Waals surface area (Å²) in [6, 6.07) is 9.36. The van der Waals surface area contributed by atoms with Gasteiger partial charge in [-0.15, -0.1) is 0 Å². The average Bonchev–Trinajstić information content (AvgIpc) is 3.15. The number of anilines is 1. The number of aliphatic hydroxyl groups is 4. The Labute approximate surface area is 339 Å². The van der Waals surface area contributed by atoms with Gasteiger partial charge in [-0.25, -0.2) is 9.59 Å². The quantitative estimate of drug-likeness (QED) is 0.101. The first-order valence-corrected chi connectivity index (χ1v) is 19.3. The number of nitrogens with one attached hydrogen (secondary N) is 1. The Morgan fingerprint density at radius 2 is 1.25 bits per heavy atom. The Hall–Kier alpha value is -4.94. The lowest BCUT2D eigenvalue weighted by Gasteiger charge is -2.46. The van der Waals surface area contributed by atoms with E-state index in [1.54, 1.807) is 66.7 Å². The Balaban J connectivity index is 1.03. The van der Waals surface area contributed by atoms with Crippen LogP contribution in [0.25, 0.3) is 21.9 Å². The Bertz CT molecular complexity index is 2380. The van der Waals surface area contributed by atoms with Crippen molar-refractivity contribution in [3.63, 3.8) is 0 Å². The summed E-state index contributed by atoms with van der Waals surface area (Å²) in [7, 11) is 1.41. The molecule has 2 aromatic carbocycles. The molecule has 6 rings (SSSR count). The summed E-state index contributed by atoms with van der Waals surface area (Å²) in [6.07, 6.45) is -5.79. The van der Waals surface area contributed by atoms with E-state index in [4.69, 9.17) is 32.5 Å². The highest BCUT2D eigenvalue weighted by molar-refractivity contribution is 5.93. The van der Waals surface area contributed by atoms with E-state index in [9.17, 15) is 39.6 Å². The Morgan fingerprint density at radius 3 is 1.85 bits per heavy atom. The molecule has 16 nitrogen and oxygen atoms in total. The van der Waals surface area contributed by atoms with Gasteiger partial charge in [0.15, 0.2) is 0 Å². The molecule has 4 heterocycles. The van der Waals surface area contributed by atoms with E-state index in [0.717, 1.165) is 0 Å². The minimum Gasteiger partial charge on any atom is -0.462 e. The summed E-state index contributed by atoms with van der Waals surface area (Å²) in [4.78, 5) is 51.2. The number of benzene rings is 2. The maximum absolute atomic E-state index is 12.9. The number of methoxy groups -OCH3 is 1. The molecule has 0 bridgehead atoms. The summed E-state index contributed by atoms with van der Waals surface area (Å²) in [6.45, 7) is 12.3. The average molecular weight is 822 g/mol. The van der Waals surface area contributed by atoms with Crippen molar-refractivity contribution >= 4 is 39.3 Å². The number of aryl methyl sites for hydroxylation is 2. The highest BCUT2D eigenvalue weighted by Crippen LogP contribution is 2.37. The van der Waals surface area contributed by atoms with Crippen LogP contribution in [0.3, 0.4) is 0 Å². The Kier molecular flexibility index (Phi) is 12.5. The summed E-state index contributed by atoms with van der Waals surface area (Å²) < 4.78 is 40.0. The van der Waals surface area contributed by atoms with E-state index in [1.807, 2.05) is 0 Å². The molecule has 0 unspecified atom stereocenters. The zero-order valence-electron chi connectivity index (χ0n) is 34.1. The van der Waals surface area contributed by atoms with Gasteiger partial charge < -0.3 is 58.3 Å². The summed E-state index contributed by atoms with van der Waals surface area (Å²) in [5.41, 5.74) is -1.68. The van der Waals surface area contributed by atoms with Crippen molar-refractivity contribution in [2.45, 2.75) is 122 Å². The topological polar surface area (TPSA) is 234 Å². The second-order valence-corrected chi connectivity index (χ2v) is 16.3. The zero-order chi connectivity index (χ0) is 43.1. The molecule has 0 saturated carbocycles. The lowest BCUT2D eigenvalue weighted by Crippen LogP contribution is -2.63. The molecule has 4 aromatic rings. The molecule has 5 N–H and O–H groups in total. The molecule has 0 aliphatic carbocycles. The summed E-state index contributed by atoms with van der Waals surface area (Å²) in [5, 5.41) is 45.9. The number of carbonyl (C=O) groups excluding carboxylic acids is 2. The minimum absolute atomic E-state index is 0.0768. The predicted molar refractivity (Wildman–Crippen MR) is 213 cm³/mol. The van der Waals surface area contributed by atoms with Gasteiger partial charge in [0.05, 0.1) is 17.3 Å². The van der Waals surface area contributed by atoms with Crippen LogP contribution < -0.4 is 26.0 Å². The van der Waals surface area contributed by atoms with Gasteiger partial charge in [0.25, 0.3) is 0 Å². The number of carbonyl (C=O) groups is 2. The number of hydrogen-bond acceptors (Lipinski definition) is 15. The number of Topliss-reactive ketones (excluding diaryl/α,β-unsaturated/α-hetero) is 1. The molecule has 1 amide bonds. The van der Waals surface area contributed by atoms with Gasteiger partial charge in [-0.05, 0) is 76.9 Å². The van der Waals surface area contributed by atoms with E-state index in [0.29, 0.717) is 21.9 Å². The number of amides is 1. The molecule has 318 valence electrons. The van der Waals surface area contributed by atoms with Crippen LogP contribution in [0.2, 0.25) is 0 Å². The van der Waals surface area contributed by atoms with Gasteiger partial charge in [-0.1, -0.05) is 19.1 Å². The number of aliphatic hydroxyl groups excluding tert-OH is 4. The van der Waals surface area contributed by atoms with Crippen LogP contribution in [-0.4, -0.2) is 93.5 Å². The molecule has 8 atom stereocenters. The first kappa shape index (κ1) is 43.6. The van der Waals surface area contributed by atoms with Crippen LogP contribution in [0, 0.1) is 19.8 Å². The van der Waals surface area contributed by atoms with E-state index in [-0.39, 0.29) is 64.9 Å². The lowest BCUT2D eigenvalue weighted by atomic mass is 9.82. The van der Waals surface area contributed by atoms with E-state index < -0.39 is 71.5 Å². The van der Waals surface area contributed by atoms with Crippen molar-refractivity contribution in [2.75, 3.05) is 12.4 Å². The van der Waals surface area contributed by atoms with Gasteiger partial charge in [-0.2, -0.15) is 0 Å². The first-order chi connectivity index (χ1) is 27.7.